The normalized spacial score (nSPS) is 10.8. The van der Waals surface area contributed by atoms with Crippen LogP contribution < -0.4 is 9.47 Å². The van der Waals surface area contributed by atoms with Crippen LogP contribution in [0.5, 0.6) is 11.5 Å². The number of hydrogen-bond acceptors (Lipinski definition) is 2. The summed E-state index contributed by atoms with van der Waals surface area (Å²) in [6.45, 7) is 4.67. The lowest BCUT2D eigenvalue weighted by molar-refractivity contribution is 0.301. The highest BCUT2D eigenvalue weighted by molar-refractivity contribution is 5.84. The van der Waals surface area contributed by atoms with Gasteiger partial charge in [0.1, 0.15) is 5.82 Å². The number of benzene rings is 3. The van der Waals surface area contributed by atoms with E-state index in [-0.39, 0.29) is 17.1 Å². The molecule has 0 heterocycles. The average molecular weight is 400 g/mol. The van der Waals surface area contributed by atoms with E-state index in [0.717, 1.165) is 12.8 Å². The summed E-state index contributed by atoms with van der Waals surface area (Å²) in [5.41, 5.74) is 1.50. The van der Waals surface area contributed by atoms with Gasteiger partial charge >= 0.3 is 0 Å². The predicted molar refractivity (Wildman–Crippen MR) is 109 cm³/mol. The van der Waals surface area contributed by atoms with Gasteiger partial charge in [-0.05, 0) is 59.9 Å². The summed E-state index contributed by atoms with van der Waals surface area (Å²) in [5.74, 6) is -1.34. The van der Waals surface area contributed by atoms with Gasteiger partial charge in [0.25, 0.3) is 0 Å². The van der Waals surface area contributed by atoms with Crippen LogP contribution in [0.1, 0.15) is 26.7 Å². The highest BCUT2D eigenvalue weighted by Gasteiger charge is 2.16. The summed E-state index contributed by atoms with van der Waals surface area (Å²) >= 11 is 0. The van der Waals surface area contributed by atoms with Gasteiger partial charge in [-0.25, -0.2) is 13.2 Å². The van der Waals surface area contributed by atoms with Gasteiger partial charge < -0.3 is 9.47 Å². The van der Waals surface area contributed by atoms with Crippen LogP contribution in [0, 0.1) is 17.5 Å². The van der Waals surface area contributed by atoms with Crippen LogP contribution in [-0.4, -0.2) is 13.2 Å². The minimum Gasteiger partial charge on any atom is -0.491 e. The molecule has 0 bridgehead atoms. The van der Waals surface area contributed by atoms with Crippen molar-refractivity contribution in [1.29, 1.82) is 0 Å². The van der Waals surface area contributed by atoms with Crippen molar-refractivity contribution in [1.82, 2.24) is 0 Å². The molecule has 3 rings (SSSR count). The van der Waals surface area contributed by atoms with Gasteiger partial charge in [0, 0.05) is 5.56 Å². The molecule has 0 saturated carbocycles. The second kappa shape index (κ2) is 9.50. The fourth-order valence-corrected chi connectivity index (χ4v) is 3.04. The second-order valence-corrected chi connectivity index (χ2v) is 6.65. The van der Waals surface area contributed by atoms with E-state index in [0.29, 0.717) is 29.9 Å². The van der Waals surface area contributed by atoms with Gasteiger partial charge in [0.2, 0.25) is 0 Å². The molecule has 0 N–H and O–H groups in total. The number of rotatable bonds is 8. The van der Waals surface area contributed by atoms with Gasteiger partial charge in [0.15, 0.2) is 23.1 Å². The maximum atomic E-state index is 14.7. The quantitative estimate of drug-likeness (QED) is 0.405. The van der Waals surface area contributed by atoms with E-state index in [2.05, 4.69) is 0 Å². The van der Waals surface area contributed by atoms with Crippen molar-refractivity contribution in [3.05, 3.63) is 72.0 Å². The zero-order valence-corrected chi connectivity index (χ0v) is 16.5. The van der Waals surface area contributed by atoms with Crippen molar-refractivity contribution in [3.8, 4) is 33.8 Å². The Morgan fingerprint density at radius 1 is 0.655 bits per heavy atom. The first kappa shape index (κ1) is 20.8. The molecule has 0 unspecified atom stereocenters. The van der Waals surface area contributed by atoms with E-state index in [4.69, 9.17) is 9.47 Å². The van der Waals surface area contributed by atoms with Crippen molar-refractivity contribution in [2.45, 2.75) is 26.7 Å². The van der Waals surface area contributed by atoms with E-state index >= 15 is 0 Å². The summed E-state index contributed by atoms with van der Waals surface area (Å²) < 4.78 is 54.3. The van der Waals surface area contributed by atoms with Crippen molar-refractivity contribution < 1.29 is 22.6 Å². The second-order valence-electron chi connectivity index (χ2n) is 6.65. The van der Waals surface area contributed by atoms with E-state index in [1.165, 1.54) is 30.3 Å². The third kappa shape index (κ3) is 4.73. The van der Waals surface area contributed by atoms with Gasteiger partial charge in [-0.15, -0.1) is 0 Å². The summed E-state index contributed by atoms with van der Waals surface area (Å²) in [6, 6.07) is 13.3. The Labute approximate surface area is 168 Å². The maximum Gasteiger partial charge on any atom is 0.165 e. The topological polar surface area (TPSA) is 18.5 Å². The lowest BCUT2D eigenvalue weighted by atomic mass is 9.93. The molecule has 0 aromatic heterocycles. The highest BCUT2D eigenvalue weighted by atomic mass is 19.1. The predicted octanol–water partition coefficient (Wildman–Crippen LogP) is 7.02. The van der Waals surface area contributed by atoms with Crippen LogP contribution in [-0.2, 0) is 0 Å². The molecule has 0 amide bonds. The molecule has 0 atom stereocenters. The molecule has 5 heteroatoms. The highest BCUT2D eigenvalue weighted by Crippen LogP contribution is 2.37. The molecule has 0 fully saturated rings. The smallest absolute Gasteiger partial charge is 0.165 e. The summed E-state index contributed by atoms with van der Waals surface area (Å²) in [7, 11) is 0. The van der Waals surface area contributed by atoms with Crippen LogP contribution >= 0.6 is 0 Å². The van der Waals surface area contributed by atoms with E-state index in [1.54, 1.807) is 24.3 Å². The van der Waals surface area contributed by atoms with Crippen LogP contribution in [0.4, 0.5) is 13.2 Å². The fraction of sp³-hybridized carbons (Fsp3) is 0.250. The van der Waals surface area contributed by atoms with Crippen molar-refractivity contribution in [2.24, 2.45) is 0 Å². The third-order valence-corrected chi connectivity index (χ3v) is 4.40. The third-order valence-electron chi connectivity index (χ3n) is 4.40. The largest absolute Gasteiger partial charge is 0.491 e. The Balaban J connectivity index is 2.02. The lowest BCUT2D eigenvalue weighted by Gasteiger charge is -2.14. The van der Waals surface area contributed by atoms with Gasteiger partial charge in [0.05, 0.1) is 13.2 Å². The van der Waals surface area contributed by atoms with Crippen LogP contribution in [0.15, 0.2) is 54.6 Å². The molecule has 3 aromatic rings. The van der Waals surface area contributed by atoms with Crippen molar-refractivity contribution >= 4 is 0 Å². The van der Waals surface area contributed by atoms with E-state index in [9.17, 15) is 13.2 Å². The summed E-state index contributed by atoms with van der Waals surface area (Å²) in [6.07, 6.45) is 1.51. The standard InChI is InChI=1S/C24H23F3O2/c1-3-12-28-22-10-8-16(14-20(22)26)18-6-5-7-19(25)24(18)17-9-11-23(21(27)15-17)29-13-4-2/h5-11,14-15H,3-4,12-13H2,1-2H3. The summed E-state index contributed by atoms with van der Waals surface area (Å²) in [5, 5.41) is 0. The number of hydrogen-bond donors (Lipinski definition) is 0. The fourth-order valence-electron chi connectivity index (χ4n) is 3.04. The Bertz CT molecular complexity index is 986. The van der Waals surface area contributed by atoms with Crippen molar-refractivity contribution in [3.63, 3.8) is 0 Å². The van der Waals surface area contributed by atoms with Crippen LogP contribution in [0.3, 0.4) is 0 Å². The number of halogens is 3. The van der Waals surface area contributed by atoms with Gasteiger partial charge in [-0.2, -0.15) is 0 Å². The molecular formula is C24H23F3O2. The zero-order valence-electron chi connectivity index (χ0n) is 16.5. The van der Waals surface area contributed by atoms with Crippen molar-refractivity contribution in [2.75, 3.05) is 13.2 Å². The molecule has 0 aliphatic carbocycles. The molecule has 3 aromatic carbocycles. The Morgan fingerprint density at radius 2 is 1.21 bits per heavy atom. The molecule has 152 valence electrons. The Kier molecular flexibility index (Phi) is 6.81. The minimum atomic E-state index is -0.570. The first-order valence-corrected chi connectivity index (χ1v) is 9.69. The molecule has 0 aliphatic rings. The monoisotopic (exact) mass is 400 g/mol. The minimum absolute atomic E-state index is 0.122. The molecule has 0 spiro atoms. The Morgan fingerprint density at radius 3 is 1.76 bits per heavy atom. The average Bonchev–Trinajstić information content (AvgIpc) is 2.72. The molecule has 0 aliphatic heterocycles. The SMILES string of the molecule is CCCOc1ccc(-c2cccc(F)c2-c2ccc(OCCC)c(F)c2)cc1F. The molecule has 0 radical (unpaired) electrons. The Hall–Kier alpha value is -2.95. The first-order chi connectivity index (χ1) is 14.0. The molecule has 2 nitrogen and oxygen atoms in total. The summed E-state index contributed by atoms with van der Waals surface area (Å²) in [4.78, 5) is 0. The van der Waals surface area contributed by atoms with Crippen LogP contribution in [0.2, 0.25) is 0 Å². The van der Waals surface area contributed by atoms with Gasteiger partial charge in [-0.1, -0.05) is 38.1 Å². The molecule has 0 saturated heterocycles. The van der Waals surface area contributed by atoms with Crippen LogP contribution in [0.25, 0.3) is 22.3 Å². The number of ether oxygens (including phenoxy) is 2. The molecule has 29 heavy (non-hydrogen) atoms. The van der Waals surface area contributed by atoms with Gasteiger partial charge in [-0.3, -0.25) is 0 Å². The lowest BCUT2D eigenvalue weighted by Crippen LogP contribution is -1.99. The van der Waals surface area contributed by atoms with E-state index in [1.807, 2.05) is 13.8 Å². The first-order valence-electron chi connectivity index (χ1n) is 9.69. The van der Waals surface area contributed by atoms with E-state index < -0.39 is 17.5 Å². The zero-order chi connectivity index (χ0) is 20.8. The maximum absolute atomic E-state index is 14.7. The molecular weight excluding hydrogens is 377 g/mol.